The second-order valence-electron chi connectivity index (χ2n) is 6.58. The van der Waals surface area contributed by atoms with E-state index in [-0.39, 0.29) is 6.10 Å². The van der Waals surface area contributed by atoms with Crippen molar-refractivity contribution < 1.29 is 9.47 Å². The van der Waals surface area contributed by atoms with Crippen molar-refractivity contribution in [3.63, 3.8) is 0 Å². The highest BCUT2D eigenvalue weighted by Gasteiger charge is 2.19. The van der Waals surface area contributed by atoms with E-state index in [0.717, 1.165) is 35.7 Å². The third kappa shape index (κ3) is 3.86. The van der Waals surface area contributed by atoms with Crippen LogP contribution in [0.5, 0.6) is 11.5 Å². The monoisotopic (exact) mass is 346 g/mol. The molecule has 1 atom stereocenters. The van der Waals surface area contributed by atoms with Crippen LogP contribution < -0.4 is 14.8 Å². The highest BCUT2D eigenvalue weighted by Crippen LogP contribution is 2.30. The molecule has 2 heterocycles. The Morgan fingerprint density at radius 2 is 1.88 bits per heavy atom. The molecule has 0 saturated heterocycles. The minimum Gasteiger partial charge on any atom is -0.486 e. The van der Waals surface area contributed by atoms with Crippen molar-refractivity contribution in [2.24, 2.45) is 0 Å². The Labute approximate surface area is 153 Å². The molecule has 1 unspecified atom stereocenters. The summed E-state index contributed by atoms with van der Waals surface area (Å²) in [4.78, 5) is 4.39. The molecule has 0 saturated carbocycles. The average Bonchev–Trinajstić information content (AvgIpc) is 2.68. The predicted octanol–water partition coefficient (Wildman–Crippen LogP) is 3.99. The van der Waals surface area contributed by atoms with E-state index in [4.69, 9.17) is 9.47 Å². The Morgan fingerprint density at radius 1 is 1.00 bits per heavy atom. The van der Waals surface area contributed by atoms with Crippen molar-refractivity contribution >= 4 is 0 Å². The number of nitrogens with one attached hydrogen (secondary N) is 1. The number of hydrogen-bond donors (Lipinski definition) is 1. The lowest BCUT2D eigenvalue weighted by Crippen LogP contribution is -2.38. The number of para-hydroxylation sites is 2. The summed E-state index contributed by atoms with van der Waals surface area (Å²) in [6.45, 7) is 4.13. The summed E-state index contributed by atoms with van der Waals surface area (Å²) < 4.78 is 11.7. The van der Waals surface area contributed by atoms with E-state index in [1.54, 1.807) is 0 Å². The van der Waals surface area contributed by atoms with Gasteiger partial charge in [0.05, 0.1) is 0 Å². The molecule has 4 nitrogen and oxygen atoms in total. The van der Waals surface area contributed by atoms with Crippen LogP contribution in [0.4, 0.5) is 0 Å². The van der Waals surface area contributed by atoms with Crippen LogP contribution in [0.3, 0.4) is 0 Å². The van der Waals surface area contributed by atoms with Gasteiger partial charge < -0.3 is 14.8 Å². The maximum Gasteiger partial charge on any atom is 0.161 e. The van der Waals surface area contributed by atoms with E-state index in [1.165, 1.54) is 11.1 Å². The molecule has 0 aliphatic carbocycles. The molecule has 3 aromatic rings. The molecular weight excluding hydrogens is 324 g/mol. The summed E-state index contributed by atoms with van der Waals surface area (Å²) >= 11 is 0. The second kappa shape index (κ2) is 7.58. The van der Waals surface area contributed by atoms with Gasteiger partial charge in [-0.1, -0.05) is 42.0 Å². The second-order valence-corrected chi connectivity index (χ2v) is 6.58. The van der Waals surface area contributed by atoms with Crippen LogP contribution in [0, 0.1) is 6.92 Å². The van der Waals surface area contributed by atoms with E-state index < -0.39 is 0 Å². The molecule has 26 heavy (non-hydrogen) atoms. The highest BCUT2D eigenvalue weighted by molar-refractivity contribution is 5.63. The van der Waals surface area contributed by atoms with E-state index in [9.17, 15) is 0 Å². The number of hydrogen-bond acceptors (Lipinski definition) is 4. The molecule has 4 rings (SSSR count). The van der Waals surface area contributed by atoms with Gasteiger partial charge in [-0.15, -0.1) is 0 Å². The van der Waals surface area contributed by atoms with Gasteiger partial charge in [0.15, 0.2) is 11.5 Å². The molecule has 1 N–H and O–H groups in total. The van der Waals surface area contributed by atoms with Gasteiger partial charge in [-0.25, -0.2) is 0 Å². The molecule has 0 amide bonds. The molecule has 1 aromatic heterocycles. The Bertz CT molecular complexity index is 895. The highest BCUT2D eigenvalue weighted by atomic mass is 16.6. The Morgan fingerprint density at radius 3 is 2.77 bits per heavy atom. The van der Waals surface area contributed by atoms with Crippen LogP contribution >= 0.6 is 0 Å². The minimum atomic E-state index is 0.0119. The summed E-state index contributed by atoms with van der Waals surface area (Å²) in [5, 5.41) is 3.45. The fraction of sp³-hybridized carbons (Fsp3) is 0.227. The third-order valence-electron chi connectivity index (χ3n) is 4.41. The first-order valence-corrected chi connectivity index (χ1v) is 8.88. The molecular formula is C22H22N2O2. The fourth-order valence-corrected chi connectivity index (χ4v) is 3.11. The first kappa shape index (κ1) is 16.6. The number of aryl methyl sites for hydroxylation is 1. The summed E-state index contributed by atoms with van der Waals surface area (Å²) in [7, 11) is 0. The number of pyridine rings is 1. The summed E-state index contributed by atoms with van der Waals surface area (Å²) in [5.41, 5.74) is 4.74. The van der Waals surface area contributed by atoms with Crippen molar-refractivity contribution in [2.75, 3.05) is 13.2 Å². The maximum atomic E-state index is 5.97. The molecule has 4 heteroatoms. The van der Waals surface area contributed by atoms with Gasteiger partial charge in [0.2, 0.25) is 0 Å². The Kier molecular flexibility index (Phi) is 4.84. The number of benzene rings is 2. The number of rotatable bonds is 5. The third-order valence-corrected chi connectivity index (χ3v) is 4.41. The van der Waals surface area contributed by atoms with Crippen molar-refractivity contribution in [3.05, 3.63) is 78.1 Å². The Hall–Kier alpha value is -2.85. The molecule has 0 spiro atoms. The predicted molar refractivity (Wildman–Crippen MR) is 102 cm³/mol. The summed E-state index contributed by atoms with van der Waals surface area (Å²) in [6.07, 6.45) is 3.82. The lowest BCUT2D eigenvalue weighted by Gasteiger charge is -2.26. The van der Waals surface area contributed by atoms with Crippen molar-refractivity contribution in [3.8, 4) is 22.6 Å². The molecule has 1 aliphatic rings. The first-order chi connectivity index (χ1) is 12.8. The molecule has 132 valence electrons. The van der Waals surface area contributed by atoms with Crippen LogP contribution in [0.1, 0.15) is 11.1 Å². The smallest absolute Gasteiger partial charge is 0.161 e. The zero-order chi connectivity index (χ0) is 17.8. The summed E-state index contributed by atoms with van der Waals surface area (Å²) in [6, 6.07) is 18.4. The minimum absolute atomic E-state index is 0.0119. The molecule has 0 bridgehead atoms. The average molecular weight is 346 g/mol. The van der Waals surface area contributed by atoms with Crippen LogP contribution in [0.25, 0.3) is 11.1 Å². The fourth-order valence-electron chi connectivity index (χ4n) is 3.11. The number of fused-ring (bicyclic) bond motifs is 1. The standard InChI is InChI=1S/C22H22N2O2/c1-16-5-4-6-18(9-16)19-10-17(11-23-13-19)12-24-14-20-15-25-21-7-2-3-8-22(21)26-20/h2-11,13,20,24H,12,14-15H2,1H3. The lowest BCUT2D eigenvalue weighted by molar-refractivity contribution is 0.0902. The number of nitrogens with zero attached hydrogens (tertiary/aromatic N) is 1. The molecule has 0 fully saturated rings. The molecule has 2 aromatic carbocycles. The van der Waals surface area contributed by atoms with Gasteiger partial charge >= 0.3 is 0 Å². The summed E-state index contributed by atoms with van der Waals surface area (Å²) in [5.74, 6) is 1.63. The van der Waals surface area contributed by atoms with E-state index in [2.05, 4.69) is 47.6 Å². The van der Waals surface area contributed by atoms with Gasteiger partial charge in [-0.05, 0) is 36.2 Å². The van der Waals surface area contributed by atoms with Crippen LogP contribution in [0.15, 0.2) is 67.0 Å². The van der Waals surface area contributed by atoms with Crippen LogP contribution in [-0.4, -0.2) is 24.2 Å². The number of aromatic nitrogens is 1. The van der Waals surface area contributed by atoms with E-state index in [0.29, 0.717) is 6.61 Å². The van der Waals surface area contributed by atoms with Gasteiger partial charge in [0.1, 0.15) is 12.7 Å². The largest absolute Gasteiger partial charge is 0.486 e. The lowest BCUT2D eigenvalue weighted by atomic mass is 10.0. The van der Waals surface area contributed by atoms with Gasteiger partial charge in [0, 0.05) is 31.0 Å². The van der Waals surface area contributed by atoms with Crippen LogP contribution in [-0.2, 0) is 6.54 Å². The maximum absolute atomic E-state index is 5.97. The van der Waals surface area contributed by atoms with Gasteiger partial charge in [-0.3, -0.25) is 4.98 Å². The van der Waals surface area contributed by atoms with Crippen molar-refractivity contribution in [2.45, 2.75) is 19.6 Å². The van der Waals surface area contributed by atoms with Crippen molar-refractivity contribution in [1.82, 2.24) is 10.3 Å². The molecule has 1 aliphatic heterocycles. The SMILES string of the molecule is Cc1cccc(-c2cncc(CNCC3COc4ccccc4O3)c2)c1. The normalized spacial score (nSPS) is 15.7. The quantitative estimate of drug-likeness (QED) is 0.759. The molecule has 0 radical (unpaired) electrons. The Balaban J connectivity index is 1.35. The zero-order valence-electron chi connectivity index (χ0n) is 14.8. The van der Waals surface area contributed by atoms with Gasteiger partial charge in [0.25, 0.3) is 0 Å². The van der Waals surface area contributed by atoms with Crippen molar-refractivity contribution in [1.29, 1.82) is 0 Å². The topological polar surface area (TPSA) is 43.4 Å². The van der Waals surface area contributed by atoms with Crippen LogP contribution in [0.2, 0.25) is 0 Å². The van der Waals surface area contributed by atoms with Gasteiger partial charge in [-0.2, -0.15) is 0 Å². The zero-order valence-corrected chi connectivity index (χ0v) is 14.8. The number of ether oxygens (including phenoxy) is 2. The first-order valence-electron chi connectivity index (χ1n) is 8.88. The van der Waals surface area contributed by atoms with E-state index >= 15 is 0 Å². The van der Waals surface area contributed by atoms with E-state index in [1.807, 2.05) is 36.7 Å².